The van der Waals surface area contributed by atoms with Crippen LogP contribution in [0.15, 0.2) is 11.6 Å². The number of allylic oxidation sites excluding steroid dienone is 2. The number of ketones is 1. The number of aliphatic hydroxyl groups is 9. The molecule has 0 bridgehead atoms. The molecular weight excluding hydrogens is 728 g/mol. The first-order chi connectivity index (χ1) is 26.1. The van der Waals surface area contributed by atoms with Gasteiger partial charge in [0, 0.05) is 16.7 Å². The molecule has 5 aliphatic carbocycles. The van der Waals surface area contributed by atoms with Crippen LogP contribution in [-0.2, 0) is 23.7 Å². The normalized spacial score (nSPS) is 55.6. The third-order valence-electron chi connectivity index (χ3n) is 17.2. The Morgan fingerprint density at radius 1 is 0.750 bits per heavy atom. The Hall–Kier alpha value is -1.11. The molecule has 0 spiro atoms. The molecule has 3 unspecified atom stereocenters. The summed E-state index contributed by atoms with van der Waals surface area (Å²) in [5, 5.41) is 97.6. The predicted octanol–water partition coefficient (Wildman–Crippen LogP) is 0.940. The van der Waals surface area contributed by atoms with Gasteiger partial charge in [-0.15, -0.1) is 0 Å². The summed E-state index contributed by atoms with van der Waals surface area (Å²) in [6.07, 6.45) is -8.93. The number of carbonyl (C=O) groups excluding carboxylic acids is 1. The number of fused-ring (bicyclic) bond motifs is 7. The van der Waals surface area contributed by atoms with Crippen LogP contribution in [-0.4, -0.2) is 145 Å². The zero-order chi connectivity index (χ0) is 41.1. The summed E-state index contributed by atoms with van der Waals surface area (Å²) in [5.74, 6) is -0.619. The maximum absolute atomic E-state index is 14.9. The minimum absolute atomic E-state index is 0.00546. The van der Waals surface area contributed by atoms with E-state index in [9.17, 15) is 50.8 Å². The molecule has 2 heterocycles. The van der Waals surface area contributed by atoms with E-state index in [1.165, 1.54) is 0 Å². The Kier molecular flexibility index (Phi) is 11.1. The molecule has 0 amide bonds. The van der Waals surface area contributed by atoms with E-state index in [0.29, 0.717) is 38.5 Å². The van der Waals surface area contributed by atoms with Crippen molar-refractivity contribution in [2.45, 2.75) is 173 Å². The van der Waals surface area contributed by atoms with E-state index in [-0.39, 0.29) is 36.2 Å². The highest BCUT2D eigenvalue weighted by Gasteiger charge is 2.72. The van der Waals surface area contributed by atoms with E-state index >= 15 is 0 Å². The van der Waals surface area contributed by atoms with E-state index in [4.69, 9.17) is 18.9 Å². The summed E-state index contributed by atoms with van der Waals surface area (Å²) in [4.78, 5) is 14.9. The lowest BCUT2D eigenvalue weighted by Crippen LogP contribution is -2.69. The fraction of sp³-hybridized carbons (Fsp3) is 0.929. The van der Waals surface area contributed by atoms with Crippen molar-refractivity contribution in [2.24, 2.45) is 50.2 Å². The van der Waals surface area contributed by atoms with Crippen molar-refractivity contribution in [2.75, 3.05) is 19.8 Å². The number of aliphatic hydroxyl groups excluding tert-OH is 9. The van der Waals surface area contributed by atoms with E-state index < -0.39 is 113 Å². The summed E-state index contributed by atoms with van der Waals surface area (Å²) >= 11 is 0. The van der Waals surface area contributed by atoms with Gasteiger partial charge in [0.25, 0.3) is 0 Å². The quantitative estimate of drug-likeness (QED) is 0.163. The van der Waals surface area contributed by atoms with Crippen LogP contribution in [0.2, 0.25) is 0 Å². The van der Waals surface area contributed by atoms with Crippen molar-refractivity contribution < 1.29 is 69.7 Å². The van der Waals surface area contributed by atoms with Gasteiger partial charge in [0.2, 0.25) is 0 Å². The minimum atomic E-state index is -1.75. The lowest BCUT2D eigenvalue weighted by atomic mass is 9.33. The maximum Gasteiger partial charge on any atom is 0.187 e. The predicted molar refractivity (Wildman–Crippen MR) is 199 cm³/mol. The molecule has 14 heteroatoms. The van der Waals surface area contributed by atoms with Crippen molar-refractivity contribution in [3.05, 3.63) is 11.6 Å². The second kappa shape index (κ2) is 14.5. The SMILES string of the molecule is C[C@H]1O[C@@H](O[C@H]2CC[C@@]3(C)C(CC[C@]4(C)C3C(=O)C=C3C5CC(C)(C)CC[C@]5(CO)[C@@H](O)C[C@]34C)[C@]2(C)CO)[C@H](O)[C@@H](O[C@@H]2O[C@H](CO)[C@@H](O)[C@H](O)[C@H]2O)[C@@H]1O. The van der Waals surface area contributed by atoms with Crippen molar-refractivity contribution in [3.8, 4) is 0 Å². The second-order valence-corrected chi connectivity index (χ2v) is 20.6. The molecule has 0 radical (unpaired) electrons. The molecule has 4 saturated carbocycles. The second-order valence-electron chi connectivity index (χ2n) is 20.6. The summed E-state index contributed by atoms with van der Waals surface area (Å²) in [5.41, 5.74) is -2.03. The molecule has 20 atom stereocenters. The van der Waals surface area contributed by atoms with Crippen LogP contribution in [0.25, 0.3) is 0 Å². The monoisotopic (exact) mass is 796 g/mol. The standard InChI is InChI=1S/C42H68O14/c1-20-28(48)33(56-35-31(51)30(50)29(49)24(17-43)54-35)32(52)36(53-20)55-27-9-10-38(4)25(39(27,5)18-44)8-11-40(6)34(38)23(46)14-21-22-15-37(2,3)12-13-42(22,19-45)26(47)16-41(21,40)7/h14,20,22,24-36,43-45,47-52H,8-13,15-19H2,1-7H3/t20-,22?,24-,25?,26+,27+,28-,29-,30+,31-,32-,33+,34?,35+,36+,38+,39+,40-,41-,42-/m1/s1. The molecule has 320 valence electrons. The lowest BCUT2D eigenvalue weighted by molar-refractivity contribution is -0.367. The van der Waals surface area contributed by atoms with Gasteiger partial charge in [-0.25, -0.2) is 0 Å². The van der Waals surface area contributed by atoms with E-state index in [2.05, 4.69) is 34.6 Å². The highest BCUT2D eigenvalue weighted by atomic mass is 16.7. The number of hydrogen-bond acceptors (Lipinski definition) is 14. The lowest BCUT2D eigenvalue weighted by Gasteiger charge is -2.71. The van der Waals surface area contributed by atoms with Gasteiger partial charge >= 0.3 is 0 Å². The van der Waals surface area contributed by atoms with Crippen LogP contribution in [0.4, 0.5) is 0 Å². The van der Waals surface area contributed by atoms with Gasteiger partial charge in [0.05, 0.1) is 38.1 Å². The van der Waals surface area contributed by atoms with Crippen LogP contribution in [0.3, 0.4) is 0 Å². The van der Waals surface area contributed by atoms with Gasteiger partial charge in [0.15, 0.2) is 18.4 Å². The molecule has 7 aliphatic rings. The first kappa shape index (κ1) is 43.0. The zero-order valence-corrected chi connectivity index (χ0v) is 34.1. The summed E-state index contributed by atoms with van der Waals surface area (Å²) in [6, 6.07) is 0. The number of ether oxygens (including phenoxy) is 4. The zero-order valence-electron chi connectivity index (χ0n) is 34.1. The Bertz CT molecular complexity index is 1520. The fourth-order valence-electron chi connectivity index (χ4n) is 13.5. The van der Waals surface area contributed by atoms with Crippen molar-refractivity contribution in [1.82, 2.24) is 0 Å². The molecule has 0 aromatic rings. The van der Waals surface area contributed by atoms with E-state index in [1.807, 2.05) is 13.0 Å². The summed E-state index contributed by atoms with van der Waals surface area (Å²) in [6.45, 7) is 13.5. The first-order valence-electron chi connectivity index (χ1n) is 20.9. The van der Waals surface area contributed by atoms with Crippen LogP contribution in [0.5, 0.6) is 0 Å². The molecule has 0 aromatic carbocycles. The molecule has 56 heavy (non-hydrogen) atoms. The minimum Gasteiger partial charge on any atom is -0.396 e. The Balaban J connectivity index is 1.15. The van der Waals surface area contributed by atoms with Crippen LogP contribution in [0, 0.1) is 50.2 Å². The van der Waals surface area contributed by atoms with Crippen molar-refractivity contribution in [3.63, 3.8) is 0 Å². The fourth-order valence-corrected chi connectivity index (χ4v) is 13.5. The average molecular weight is 797 g/mol. The molecular formula is C42H68O14. The van der Waals surface area contributed by atoms with Gasteiger partial charge in [0.1, 0.15) is 42.7 Å². The first-order valence-corrected chi connectivity index (χ1v) is 20.9. The van der Waals surface area contributed by atoms with Crippen LogP contribution >= 0.6 is 0 Å². The Morgan fingerprint density at radius 3 is 2.07 bits per heavy atom. The Morgan fingerprint density at radius 2 is 1.43 bits per heavy atom. The van der Waals surface area contributed by atoms with Gasteiger partial charge < -0.3 is 64.9 Å². The van der Waals surface area contributed by atoms with Gasteiger partial charge in [-0.3, -0.25) is 4.79 Å². The highest BCUT2D eigenvalue weighted by Crippen LogP contribution is 2.75. The van der Waals surface area contributed by atoms with Gasteiger partial charge in [-0.2, -0.15) is 0 Å². The molecule has 6 fully saturated rings. The third-order valence-corrected chi connectivity index (χ3v) is 17.2. The smallest absolute Gasteiger partial charge is 0.187 e. The third kappa shape index (κ3) is 6.09. The summed E-state index contributed by atoms with van der Waals surface area (Å²) < 4.78 is 23.9. The topological polar surface area (TPSA) is 236 Å². The molecule has 7 rings (SSSR count). The number of carbonyl (C=O) groups is 1. The van der Waals surface area contributed by atoms with Gasteiger partial charge in [-0.1, -0.05) is 47.1 Å². The van der Waals surface area contributed by atoms with Crippen molar-refractivity contribution >= 4 is 5.78 Å². The van der Waals surface area contributed by atoms with E-state index in [1.54, 1.807) is 6.92 Å². The van der Waals surface area contributed by atoms with Crippen molar-refractivity contribution in [1.29, 1.82) is 0 Å². The average Bonchev–Trinajstić information content (AvgIpc) is 3.14. The van der Waals surface area contributed by atoms with Gasteiger partial charge in [-0.05, 0) is 97.9 Å². The number of rotatable bonds is 7. The van der Waals surface area contributed by atoms with Crippen LogP contribution in [0.1, 0.15) is 99.8 Å². The molecule has 14 nitrogen and oxygen atoms in total. The maximum atomic E-state index is 14.9. The molecule has 0 aromatic heterocycles. The highest BCUT2D eigenvalue weighted by molar-refractivity contribution is 5.95. The Labute approximate surface area is 330 Å². The summed E-state index contributed by atoms with van der Waals surface area (Å²) in [7, 11) is 0. The number of hydrogen-bond donors (Lipinski definition) is 9. The molecule has 9 N–H and O–H groups in total. The molecule has 2 aliphatic heterocycles. The molecule has 2 saturated heterocycles. The van der Waals surface area contributed by atoms with E-state index in [0.717, 1.165) is 18.4 Å². The largest absolute Gasteiger partial charge is 0.396 e. The van der Waals surface area contributed by atoms with Crippen LogP contribution < -0.4 is 0 Å².